The number of halogens is 1. The molecule has 0 saturated carbocycles. The van der Waals surface area contributed by atoms with Gasteiger partial charge in [-0.2, -0.15) is 0 Å². The van der Waals surface area contributed by atoms with Crippen LogP contribution in [0.2, 0.25) is 0 Å². The molecule has 3 aliphatic rings. The van der Waals surface area contributed by atoms with Crippen LogP contribution in [0.3, 0.4) is 0 Å². The van der Waals surface area contributed by atoms with Gasteiger partial charge in [-0.3, -0.25) is 9.59 Å². The molecule has 2 aromatic carbocycles. The number of methoxy groups -OCH3 is 2. The van der Waals surface area contributed by atoms with Crippen molar-refractivity contribution < 1.29 is 38.1 Å². The smallest absolute Gasteiger partial charge is 0.407 e. The number of amides is 4. The van der Waals surface area contributed by atoms with Gasteiger partial charge in [-0.1, -0.05) is 33.8 Å². The molecule has 16 nitrogen and oxygen atoms in total. The Bertz CT molecular complexity index is 2200. The van der Waals surface area contributed by atoms with Crippen LogP contribution in [-0.4, -0.2) is 98.2 Å². The number of hydrogen-bond donors (Lipinski definition) is 6. The normalized spacial score (nSPS) is 19.7. The lowest BCUT2D eigenvalue weighted by Crippen LogP contribution is -2.51. The third-order valence-corrected chi connectivity index (χ3v) is 11.6. The highest BCUT2D eigenvalue weighted by Gasteiger charge is 2.39. The summed E-state index contributed by atoms with van der Waals surface area (Å²) in [4.78, 5) is 70.4. The van der Waals surface area contributed by atoms with Crippen molar-refractivity contribution in [3.05, 3.63) is 71.3 Å². The summed E-state index contributed by atoms with van der Waals surface area (Å²) < 4.78 is 25.5. The number of aromatic nitrogens is 4. The minimum Gasteiger partial charge on any atom is -0.507 e. The number of H-pyrrole nitrogens is 2. The monoisotopic (exact) mass is 813 g/mol. The molecule has 0 radical (unpaired) electrons. The lowest BCUT2D eigenvalue weighted by Gasteiger charge is -2.30. The van der Waals surface area contributed by atoms with E-state index in [4.69, 9.17) is 9.47 Å². The molecule has 314 valence electrons. The van der Waals surface area contributed by atoms with E-state index in [2.05, 4.69) is 35.9 Å². The highest BCUT2D eigenvalue weighted by Crippen LogP contribution is 2.42. The second-order valence-electron chi connectivity index (χ2n) is 16.1. The van der Waals surface area contributed by atoms with Crippen molar-refractivity contribution in [1.82, 2.24) is 40.4 Å². The van der Waals surface area contributed by atoms with Gasteiger partial charge in [-0.05, 0) is 79.3 Å². The van der Waals surface area contributed by atoms with Crippen molar-refractivity contribution in [1.29, 1.82) is 0 Å². The van der Waals surface area contributed by atoms with Gasteiger partial charge in [-0.25, -0.2) is 23.9 Å². The summed E-state index contributed by atoms with van der Waals surface area (Å²) >= 11 is 0. The maximum atomic E-state index is 16.0. The van der Waals surface area contributed by atoms with Crippen molar-refractivity contribution >= 4 is 29.7 Å². The van der Waals surface area contributed by atoms with E-state index in [1.165, 1.54) is 26.4 Å². The van der Waals surface area contributed by atoms with Crippen LogP contribution >= 0.6 is 0 Å². The summed E-state index contributed by atoms with van der Waals surface area (Å²) in [5, 5.41) is 19.9. The molecule has 2 saturated heterocycles. The van der Waals surface area contributed by atoms with E-state index < -0.39 is 36.1 Å². The molecule has 4 aromatic rings. The van der Waals surface area contributed by atoms with Crippen LogP contribution in [0.4, 0.5) is 19.7 Å². The summed E-state index contributed by atoms with van der Waals surface area (Å²) in [5.41, 5.74) is 4.43. The Morgan fingerprint density at radius 2 is 1.32 bits per heavy atom. The SMILES string of the molecule is COC(=O)NC(C(=O)N1CCCC1c1ncc(-c2cc(O)c(C3Cc4cc(-c5cnc(C6CCCN6C(=O)C(NC(=O)OC)C(C)C)[nH]5)ccc4N3)c(F)c2)[nH]1)C(C)C. The number of hydrogen-bond acceptors (Lipinski definition) is 10. The number of likely N-dealkylation sites (tertiary alicyclic amines) is 2. The number of nitrogens with zero attached hydrogens (tertiary/aromatic N) is 4. The number of alkyl carbamates (subject to hydrolysis) is 2. The molecule has 2 aromatic heterocycles. The minimum atomic E-state index is -0.772. The van der Waals surface area contributed by atoms with Crippen LogP contribution in [0, 0.1) is 17.7 Å². The first kappa shape index (κ1) is 41.0. The van der Waals surface area contributed by atoms with Crippen molar-refractivity contribution in [3.63, 3.8) is 0 Å². The van der Waals surface area contributed by atoms with Gasteiger partial charge in [0.25, 0.3) is 0 Å². The number of phenolic OH excluding ortho intramolecular Hbond substituents is 1. The summed E-state index contributed by atoms with van der Waals surface area (Å²) in [6, 6.07) is 6.07. The molecule has 0 spiro atoms. The number of fused-ring (bicyclic) bond motifs is 1. The first-order chi connectivity index (χ1) is 28.3. The maximum Gasteiger partial charge on any atom is 0.407 e. The van der Waals surface area contributed by atoms with E-state index in [1.807, 2.05) is 45.9 Å². The molecular formula is C42H52FN9O7. The van der Waals surface area contributed by atoms with Crippen LogP contribution in [0.25, 0.3) is 22.5 Å². The van der Waals surface area contributed by atoms with Gasteiger partial charge < -0.3 is 50.3 Å². The number of carbonyl (C=O) groups excluding carboxylic acids is 4. The van der Waals surface area contributed by atoms with Crippen molar-refractivity contribution in [2.45, 2.75) is 90.0 Å². The van der Waals surface area contributed by atoms with Gasteiger partial charge in [0.2, 0.25) is 11.8 Å². The highest BCUT2D eigenvalue weighted by atomic mass is 19.1. The Kier molecular flexibility index (Phi) is 11.8. The fourth-order valence-electron chi connectivity index (χ4n) is 8.50. The molecule has 5 unspecified atom stereocenters. The van der Waals surface area contributed by atoms with Crippen LogP contribution < -0.4 is 16.0 Å². The summed E-state index contributed by atoms with van der Waals surface area (Å²) in [7, 11) is 2.52. The number of nitrogens with one attached hydrogen (secondary N) is 5. The standard InChI is InChI=1S/C42H52FN9O7/c1-21(2)35(49-41(56)58-5)39(54)51-13-7-9-31(51)37-44-19-29(47-37)23-11-12-27-24(15-23)17-28(46-27)34-26(43)16-25(18-33(34)53)30-20-45-38(48-30)32-10-8-14-52(32)40(55)36(22(3)4)50-42(57)59-6/h11-12,15-16,18-22,28,31-32,35-36,46,53H,7-10,13-14,17H2,1-6H3,(H,44,47)(H,45,48)(H,49,56)(H,50,57). The molecule has 7 rings (SSSR count). The average Bonchev–Trinajstić information content (AvgIpc) is 4.06. The van der Waals surface area contributed by atoms with Gasteiger partial charge in [-0.15, -0.1) is 0 Å². The number of aromatic hydroxyl groups is 1. The Hall–Kier alpha value is -6.13. The molecule has 6 N–H and O–H groups in total. The lowest BCUT2D eigenvalue weighted by atomic mass is 9.98. The zero-order valence-electron chi connectivity index (χ0n) is 34.1. The van der Waals surface area contributed by atoms with E-state index in [9.17, 15) is 24.3 Å². The molecule has 5 atom stereocenters. The summed E-state index contributed by atoms with van der Waals surface area (Å²) in [5.74, 6) is -0.340. The van der Waals surface area contributed by atoms with E-state index in [0.717, 1.165) is 41.8 Å². The number of anilines is 1. The number of ether oxygens (including phenoxy) is 2. The molecule has 0 aliphatic carbocycles. The van der Waals surface area contributed by atoms with Crippen molar-refractivity contribution in [2.24, 2.45) is 11.8 Å². The molecule has 0 bridgehead atoms. The zero-order chi connectivity index (χ0) is 42.1. The van der Waals surface area contributed by atoms with Gasteiger partial charge in [0.05, 0.1) is 61.7 Å². The second-order valence-corrected chi connectivity index (χ2v) is 16.1. The number of aromatic amines is 2. The van der Waals surface area contributed by atoms with Crippen LogP contribution in [0.5, 0.6) is 5.75 Å². The zero-order valence-corrected chi connectivity index (χ0v) is 34.1. The molecule has 17 heteroatoms. The predicted octanol–water partition coefficient (Wildman–Crippen LogP) is 6.11. The fraction of sp³-hybridized carbons (Fsp3) is 0.476. The largest absolute Gasteiger partial charge is 0.507 e. The van der Waals surface area contributed by atoms with Crippen molar-refractivity contribution in [3.8, 4) is 28.3 Å². The highest BCUT2D eigenvalue weighted by molar-refractivity contribution is 5.87. The molecule has 3 aliphatic heterocycles. The Balaban J connectivity index is 1.04. The van der Waals surface area contributed by atoms with E-state index in [1.54, 1.807) is 22.2 Å². The summed E-state index contributed by atoms with van der Waals surface area (Å²) in [6.45, 7) is 8.49. The van der Waals surface area contributed by atoms with Gasteiger partial charge >= 0.3 is 12.2 Å². The molecule has 5 heterocycles. The molecule has 2 fully saturated rings. The van der Waals surface area contributed by atoms with Crippen LogP contribution in [-0.2, 0) is 25.5 Å². The van der Waals surface area contributed by atoms with Crippen LogP contribution in [0.15, 0.2) is 42.7 Å². The lowest BCUT2D eigenvalue weighted by molar-refractivity contribution is -0.136. The van der Waals surface area contributed by atoms with E-state index in [0.29, 0.717) is 48.8 Å². The fourth-order valence-corrected chi connectivity index (χ4v) is 8.50. The molecule has 4 amide bonds. The first-order valence-corrected chi connectivity index (χ1v) is 20.1. The Morgan fingerprint density at radius 3 is 1.81 bits per heavy atom. The quantitative estimate of drug-likeness (QED) is 0.102. The van der Waals surface area contributed by atoms with Gasteiger partial charge in [0, 0.05) is 24.3 Å². The van der Waals surface area contributed by atoms with Gasteiger partial charge in [0.1, 0.15) is 35.3 Å². The number of phenols is 1. The summed E-state index contributed by atoms with van der Waals surface area (Å²) in [6.07, 6.45) is 5.32. The Labute approximate surface area is 341 Å². The number of benzene rings is 2. The molecule has 59 heavy (non-hydrogen) atoms. The topological polar surface area (TPSA) is 207 Å². The average molecular weight is 814 g/mol. The van der Waals surface area contributed by atoms with E-state index in [-0.39, 0.29) is 47.0 Å². The third-order valence-electron chi connectivity index (χ3n) is 11.6. The van der Waals surface area contributed by atoms with E-state index >= 15 is 4.39 Å². The van der Waals surface area contributed by atoms with Gasteiger partial charge in [0.15, 0.2) is 0 Å². The third kappa shape index (κ3) is 8.27. The maximum absolute atomic E-state index is 16.0. The Morgan fingerprint density at radius 1 is 0.797 bits per heavy atom. The molecular weight excluding hydrogens is 762 g/mol. The number of imidazole rings is 2. The number of rotatable bonds is 11. The number of carbonyl (C=O) groups is 4. The minimum absolute atomic E-state index is 0.145. The second kappa shape index (κ2) is 17.0. The first-order valence-electron chi connectivity index (χ1n) is 20.1. The van der Waals surface area contributed by atoms with Crippen LogP contribution in [0.1, 0.15) is 94.3 Å². The van der Waals surface area contributed by atoms with Crippen molar-refractivity contribution in [2.75, 3.05) is 32.6 Å². The predicted molar refractivity (Wildman–Crippen MR) is 215 cm³/mol.